The number of anilines is 6. The lowest BCUT2D eigenvalue weighted by atomic mass is 10.0. The summed E-state index contributed by atoms with van der Waals surface area (Å²) in [5.41, 5.74) is 14.8. The van der Waals surface area contributed by atoms with Gasteiger partial charge in [0.05, 0.1) is 27.4 Å². The SMILES string of the molecule is Cc1cccc(N(c2ccc(C=Cc3ccc4cc(-c5ccc(N(c6ccc([Si](C)(C)C)cc6)c6cccc(C)c6)cc5)ccc4n3)cc2)c2ccc([Si](C)(C)C)cc2)c1. The number of fused-ring (bicyclic) bond motifs is 1. The lowest BCUT2D eigenvalue weighted by Crippen LogP contribution is -2.37. The molecule has 0 aliphatic heterocycles. The summed E-state index contributed by atoms with van der Waals surface area (Å²) in [6, 6.07) is 64.4. The van der Waals surface area contributed by atoms with Gasteiger partial charge in [0, 0.05) is 39.5 Å². The lowest BCUT2D eigenvalue weighted by Gasteiger charge is -2.27. The minimum atomic E-state index is -1.40. The van der Waals surface area contributed by atoms with Crippen molar-refractivity contribution in [3.63, 3.8) is 0 Å². The Kier molecular flexibility index (Phi) is 11.3. The molecule has 5 heteroatoms. The topological polar surface area (TPSA) is 19.4 Å². The molecule has 1 aromatic heterocycles. The third-order valence-electron chi connectivity index (χ3n) is 11.3. The first-order chi connectivity index (χ1) is 28.8. The molecule has 0 N–H and O–H groups in total. The highest BCUT2D eigenvalue weighted by molar-refractivity contribution is 6.89. The molecule has 1 heterocycles. The molecule has 0 atom stereocenters. The summed E-state index contributed by atoms with van der Waals surface area (Å²) in [6.45, 7) is 18.7. The number of nitrogens with zero attached hydrogens (tertiary/aromatic N) is 3. The summed E-state index contributed by atoms with van der Waals surface area (Å²) in [5, 5.41) is 4.05. The Morgan fingerprint density at radius 3 is 1.32 bits per heavy atom. The fourth-order valence-electron chi connectivity index (χ4n) is 7.78. The Bertz CT molecular complexity index is 2780. The fraction of sp³-hybridized carbons (Fsp3) is 0.145. The Morgan fingerprint density at radius 1 is 0.400 bits per heavy atom. The number of benzene rings is 7. The Balaban J connectivity index is 1.00. The van der Waals surface area contributed by atoms with E-state index in [1.54, 1.807) is 0 Å². The fourth-order valence-corrected chi connectivity index (χ4v) is 10.1. The van der Waals surface area contributed by atoms with Crippen LogP contribution >= 0.6 is 0 Å². The van der Waals surface area contributed by atoms with Crippen LogP contribution in [0.2, 0.25) is 39.3 Å². The minimum Gasteiger partial charge on any atom is -0.310 e. The van der Waals surface area contributed by atoms with E-state index in [9.17, 15) is 0 Å². The second kappa shape index (κ2) is 16.8. The summed E-state index contributed by atoms with van der Waals surface area (Å²) in [7, 11) is -2.80. The molecule has 3 nitrogen and oxygen atoms in total. The molecule has 0 radical (unpaired) electrons. The van der Waals surface area contributed by atoms with Crippen molar-refractivity contribution in [3.8, 4) is 11.1 Å². The van der Waals surface area contributed by atoms with Crippen molar-refractivity contribution >= 4 is 83.7 Å². The first-order valence-corrected chi connectivity index (χ1v) is 28.0. The first-order valence-electron chi connectivity index (χ1n) is 21.0. The van der Waals surface area contributed by atoms with E-state index in [-0.39, 0.29) is 0 Å². The van der Waals surface area contributed by atoms with E-state index in [1.165, 1.54) is 32.6 Å². The van der Waals surface area contributed by atoms with Crippen molar-refractivity contribution in [2.24, 2.45) is 0 Å². The Labute approximate surface area is 359 Å². The van der Waals surface area contributed by atoms with Gasteiger partial charge in [-0.15, -0.1) is 0 Å². The first kappa shape index (κ1) is 40.5. The van der Waals surface area contributed by atoms with Gasteiger partial charge in [-0.25, -0.2) is 4.98 Å². The number of hydrogen-bond acceptors (Lipinski definition) is 3. The molecule has 0 bridgehead atoms. The maximum atomic E-state index is 5.02. The molecule has 0 saturated carbocycles. The zero-order valence-electron chi connectivity index (χ0n) is 36.2. The van der Waals surface area contributed by atoms with Gasteiger partial charge in [0.25, 0.3) is 0 Å². The van der Waals surface area contributed by atoms with Gasteiger partial charge < -0.3 is 9.80 Å². The largest absolute Gasteiger partial charge is 0.310 e. The summed E-state index contributed by atoms with van der Waals surface area (Å²) in [4.78, 5) is 9.72. The molecule has 8 aromatic rings. The predicted molar refractivity (Wildman–Crippen MR) is 267 cm³/mol. The standard InChI is InChI=1S/C55H55N3Si2/c1-40-11-9-13-51(37-40)57(49-28-32-53(33-29-49)59(3,4)5)47-24-16-42(17-25-47)15-22-46-23-18-45-39-44(21-36-55(45)56-46)43-19-26-48(27-20-43)58(52-14-10-12-41(2)38-52)50-30-34-54(35-31-50)60(6,7)8/h9-39H,1-8H3. The van der Waals surface area contributed by atoms with Crippen LogP contribution in [0.1, 0.15) is 22.4 Å². The third kappa shape index (κ3) is 9.13. The van der Waals surface area contributed by atoms with E-state index in [2.05, 4.69) is 251 Å². The van der Waals surface area contributed by atoms with Crippen molar-refractivity contribution < 1.29 is 0 Å². The summed E-state index contributed by atoms with van der Waals surface area (Å²) < 4.78 is 0. The maximum Gasteiger partial charge on any atom is 0.0775 e. The average molecular weight is 814 g/mol. The van der Waals surface area contributed by atoms with Crippen LogP contribution in [0.3, 0.4) is 0 Å². The highest BCUT2D eigenvalue weighted by Gasteiger charge is 2.20. The lowest BCUT2D eigenvalue weighted by molar-refractivity contribution is 1.27. The second-order valence-corrected chi connectivity index (χ2v) is 28.2. The van der Waals surface area contributed by atoms with E-state index >= 15 is 0 Å². The molecular formula is C55H55N3Si2. The molecule has 0 saturated heterocycles. The van der Waals surface area contributed by atoms with E-state index in [0.29, 0.717) is 0 Å². The number of aromatic nitrogens is 1. The molecule has 0 fully saturated rings. The van der Waals surface area contributed by atoms with E-state index in [1.807, 2.05) is 0 Å². The molecule has 8 rings (SSSR count). The van der Waals surface area contributed by atoms with E-state index in [0.717, 1.165) is 56.3 Å². The van der Waals surface area contributed by atoms with E-state index in [4.69, 9.17) is 4.98 Å². The molecule has 0 unspecified atom stereocenters. The van der Waals surface area contributed by atoms with Gasteiger partial charge in [0.15, 0.2) is 0 Å². The number of aryl methyl sites for hydroxylation is 2. The summed E-state index contributed by atoms with van der Waals surface area (Å²) in [6.07, 6.45) is 4.25. The smallest absolute Gasteiger partial charge is 0.0775 e. The van der Waals surface area contributed by atoms with Crippen LogP contribution in [0.25, 0.3) is 34.2 Å². The van der Waals surface area contributed by atoms with Crippen LogP contribution in [0.4, 0.5) is 34.1 Å². The maximum absolute atomic E-state index is 5.02. The van der Waals surface area contributed by atoms with Crippen molar-refractivity contribution in [2.45, 2.75) is 53.1 Å². The highest BCUT2D eigenvalue weighted by Crippen LogP contribution is 2.37. The van der Waals surface area contributed by atoms with Gasteiger partial charge in [-0.2, -0.15) is 0 Å². The number of rotatable bonds is 11. The normalized spacial score (nSPS) is 11.9. The quantitative estimate of drug-likeness (QED) is 0.121. The molecule has 298 valence electrons. The average Bonchev–Trinajstić information content (AvgIpc) is 3.23. The van der Waals surface area contributed by atoms with E-state index < -0.39 is 16.1 Å². The van der Waals surface area contributed by atoms with Crippen molar-refractivity contribution in [3.05, 3.63) is 198 Å². The van der Waals surface area contributed by atoms with Gasteiger partial charge >= 0.3 is 0 Å². The Morgan fingerprint density at radius 2 is 0.850 bits per heavy atom. The van der Waals surface area contributed by atoms with Crippen LogP contribution in [-0.4, -0.2) is 21.1 Å². The Hall–Kier alpha value is -6.28. The minimum absolute atomic E-state index is 0.932. The van der Waals surface area contributed by atoms with Crippen LogP contribution in [0.15, 0.2) is 176 Å². The molecule has 0 aliphatic rings. The zero-order chi connectivity index (χ0) is 42.0. The van der Waals surface area contributed by atoms with Crippen molar-refractivity contribution in [2.75, 3.05) is 9.80 Å². The van der Waals surface area contributed by atoms with Gasteiger partial charge in [-0.05, 0) is 139 Å². The van der Waals surface area contributed by atoms with Crippen molar-refractivity contribution in [1.82, 2.24) is 4.98 Å². The predicted octanol–water partition coefficient (Wildman–Crippen LogP) is 14.7. The van der Waals surface area contributed by atoms with Crippen LogP contribution in [-0.2, 0) is 0 Å². The van der Waals surface area contributed by atoms with Gasteiger partial charge in [0.2, 0.25) is 0 Å². The van der Waals surface area contributed by atoms with Gasteiger partial charge in [-0.1, -0.05) is 141 Å². The molecule has 7 aromatic carbocycles. The van der Waals surface area contributed by atoms with Crippen LogP contribution in [0, 0.1) is 13.8 Å². The molecule has 0 spiro atoms. The van der Waals surface area contributed by atoms with Crippen LogP contribution < -0.4 is 20.2 Å². The van der Waals surface area contributed by atoms with Crippen molar-refractivity contribution in [1.29, 1.82) is 0 Å². The summed E-state index contributed by atoms with van der Waals surface area (Å²) >= 11 is 0. The zero-order valence-corrected chi connectivity index (χ0v) is 38.2. The molecule has 0 aliphatic carbocycles. The second-order valence-electron chi connectivity index (χ2n) is 18.1. The molecule has 0 amide bonds. The van der Waals surface area contributed by atoms with Gasteiger partial charge in [0.1, 0.15) is 0 Å². The third-order valence-corrected chi connectivity index (χ3v) is 15.4. The molecule has 60 heavy (non-hydrogen) atoms. The number of hydrogen-bond donors (Lipinski definition) is 0. The van der Waals surface area contributed by atoms with Crippen LogP contribution in [0.5, 0.6) is 0 Å². The van der Waals surface area contributed by atoms with Gasteiger partial charge in [-0.3, -0.25) is 0 Å². The highest BCUT2D eigenvalue weighted by atomic mass is 28.3. The molecular weight excluding hydrogens is 759 g/mol. The summed E-state index contributed by atoms with van der Waals surface area (Å²) in [5.74, 6) is 0. The number of pyridine rings is 1. The monoisotopic (exact) mass is 813 g/mol.